The molecule has 3 aromatic carbocycles. The number of hydrogen-bond acceptors (Lipinski definition) is 7. The lowest BCUT2D eigenvalue weighted by molar-refractivity contribution is -0.385. The SMILES string of the molecule is COc1ccc(Cl)cc1N(CC(=O)N(Cc1cccc(Cl)c1)[C@H](C)C(=O)NC1CCCCC1)S(=O)(=O)c1ccc(C)c([N+](=O)[O-])c1. The molecule has 1 aliphatic rings. The molecule has 246 valence electrons. The van der Waals surface area contributed by atoms with Crippen LogP contribution in [-0.2, 0) is 26.2 Å². The number of carbonyl (C=O) groups is 2. The van der Waals surface area contributed by atoms with E-state index < -0.39 is 44.0 Å². The van der Waals surface area contributed by atoms with Gasteiger partial charge >= 0.3 is 0 Å². The van der Waals surface area contributed by atoms with E-state index in [9.17, 15) is 28.1 Å². The number of anilines is 1. The van der Waals surface area contributed by atoms with Crippen LogP contribution in [0.4, 0.5) is 11.4 Å². The average molecular weight is 692 g/mol. The smallest absolute Gasteiger partial charge is 0.273 e. The number of halogens is 2. The highest BCUT2D eigenvalue weighted by atomic mass is 35.5. The van der Waals surface area contributed by atoms with Crippen LogP contribution in [0.3, 0.4) is 0 Å². The van der Waals surface area contributed by atoms with Crippen molar-refractivity contribution in [3.8, 4) is 5.75 Å². The molecule has 2 amide bonds. The van der Waals surface area contributed by atoms with Gasteiger partial charge in [-0.1, -0.05) is 60.7 Å². The maximum atomic E-state index is 14.3. The van der Waals surface area contributed by atoms with Crippen molar-refractivity contribution in [2.45, 2.75) is 69.5 Å². The molecule has 1 atom stereocenters. The molecule has 1 N–H and O–H groups in total. The summed E-state index contributed by atoms with van der Waals surface area (Å²) in [4.78, 5) is 39.7. The molecular weight excluding hydrogens is 655 g/mol. The minimum Gasteiger partial charge on any atom is -0.495 e. The van der Waals surface area contributed by atoms with E-state index in [0.29, 0.717) is 10.6 Å². The van der Waals surface area contributed by atoms with Crippen molar-refractivity contribution < 1.29 is 27.7 Å². The number of nitrogens with one attached hydrogen (secondary N) is 1. The Hall–Kier alpha value is -3.87. The number of nitro groups is 1. The number of nitro benzene ring substituents is 1. The Morgan fingerprint density at radius 3 is 2.39 bits per heavy atom. The maximum Gasteiger partial charge on any atom is 0.273 e. The lowest BCUT2D eigenvalue weighted by atomic mass is 9.95. The molecule has 3 aromatic rings. The first-order valence-electron chi connectivity index (χ1n) is 14.8. The summed E-state index contributed by atoms with van der Waals surface area (Å²) in [7, 11) is -3.30. The molecule has 1 aliphatic carbocycles. The number of aryl methyl sites for hydroxylation is 1. The fraction of sp³-hybridized carbons (Fsp3) is 0.375. The predicted molar refractivity (Wildman–Crippen MR) is 177 cm³/mol. The summed E-state index contributed by atoms with van der Waals surface area (Å²) >= 11 is 12.5. The van der Waals surface area contributed by atoms with Gasteiger partial charge in [-0.05, 0) is 68.7 Å². The molecule has 1 saturated carbocycles. The number of amides is 2. The van der Waals surface area contributed by atoms with Gasteiger partial charge in [0, 0.05) is 34.3 Å². The number of methoxy groups -OCH3 is 1. The number of benzene rings is 3. The van der Waals surface area contributed by atoms with Crippen molar-refractivity contribution in [2.24, 2.45) is 0 Å². The topological polar surface area (TPSA) is 139 Å². The summed E-state index contributed by atoms with van der Waals surface area (Å²) in [5.74, 6) is -0.989. The summed E-state index contributed by atoms with van der Waals surface area (Å²) < 4.78 is 34.8. The standard InChI is InChI=1S/C32H36Cl2N4O7S/c1-21-12-14-27(18-28(21)38(41)42)46(43,44)37(29-17-25(34)13-15-30(29)45-3)20-31(39)36(19-23-8-7-9-24(33)16-23)22(2)32(40)35-26-10-5-4-6-11-26/h7-9,12-18,22,26H,4-6,10-11,19-20H2,1-3H3,(H,35,40)/t22-/m1/s1. The first kappa shape index (κ1) is 35.0. The Morgan fingerprint density at radius 1 is 1.04 bits per heavy atom. The van der Waals surface area contributed by atoms with Crippen LogP contribution in [0.2, 0.25) is 10.0 Å². The maximum absolute atomic E-state index is 14.3. The van der Waals surface area contributed by atoms with Gasteiger partial charge < -0.3 is 15.0 Å². The van der Waals surface area contributed by atoms with E-state index in [0.717, 1.165) is 42.5 Å². The summed E-state index contributed by atoms with van der Waals surface area (Å²) in [6.07, 6.45) is 4.77. The lowest BCUT2D eigenvalue weighted by Gasteiger charge is -2.33. The molecule has 0 radical (unpaired) electrons. The molecule has 0 aromatic heterocycles. The third-order valence-corrected chi connectivity index (χ3v) is 10.2. The molecule has 0 heterocycles. The molecule has 0 bridgehead atoms. The van der Waals surface area contributed by atoms with E-state index >= 15 is 0 Å². The predicted octanol–water partition coefficient (Wildman–Crippen LogP) is 6.28. The molecule has 14 heteroatoms. The third kappa shape index (κ3) is 8.28. The van der Waals surface area contributed by atoms with Crippen LogP contribution in [0, 0.1) is 17.0 Å². The molecular formula is C32H36Cl2N4O7S. The number of rotatable bonds is 12. The summed E-state index contributed by atoms with van der Waals surface area (Å²) in [5, 5.41) is 15.3. The number of sulfonamides is 1. The monoisotopic (exact) mass is 690 g/mol. The summed E-state index contributed by atoms with van der Waals surface area (Å²) in [6, 6.07) is 13.6. The highest BCUT2D eigenvalue weighted by Gasteiger charge is 2.35. The normalized spacial score (nSPS) is 14.3. The Morgan fingerprint density at radius 2 is 1.74 bits per heavy atom. The van der Waals surface area contributed by atoms with Crippen LogP contribution in [0.1, 0.15) is 50.2 Å². The minimum atomic E-state index is -4.63. The molecule has 0 aliphatic heterocycles. The highest BCUT2D eigenvalue weighted by molar-refractivity contribution is 7.92. The summed E-state index contributed by atoms with van der Waals surface area (Å²) in [6.45, 7) is 2.25. The van der Waals surface area contributed by atoms with E-state index in [2.05, 4.69) is 5.32 Å². The fourth-order valence-corrected chi connectivity index (χ4v) is 7.24. The molecule has 4 rings (SSSR count). The number of nitrogens with zero attached hydrogens (tertiary/aromatic N) is 3. The first-order chi connectivity index (χ1) is 21.8. The van der Waals surface area contributed by atoms with E-state index in [1.807, 2.05) is 0 Å². The van der Waals surface area contributed by atoms with E-state index in [4.69, 9.17) is 27.9 Å². The van der Waals surface area contributed by atoms with Gasteiger partial charge in [-0.3, -0.25) is 24.0 Å². The largest absolute Gasteiger partial charge is 0.495 e. The lowest BCUT2D eigenvalue weighted by Crippen LogP contribution is -2.53. The van der Waals surface area contributed by atoms with Gasteiger partial charge in [0.15, 0.2) is 0 Å². The molecule has 46 heavy (non-hydrogen) atoms. The average Bonchev–Trinajstić information content (AvgIpc) is 3.02. The van der Waals surface area contributed by atoms with Crippen LogP contribution < -0.4 is 14.4 Å². The Balaban J connectivity index is 1.78. The third-order valence-electron chi connectivity index (χ3n) is 8.01. The van der Waals surface area contributed by atoms with Gasteiger partial charge in [0.25, 0.3) is 15.7 Å². The number of carbonyl (C=O) groups excluding carboxylic acids is 2. The van der Waals surface area contributed by atoms with Crippen molar-refractivity contribution in [3.05, 3.63) is 92.0 Å². The zero-order valence-electron chi connectivity index (χ0n) is 25.7. The van der Waals surface area contributed by atoms with Gasteiger partial charge in [-0.25, -0.2) is 8.42 Å². The van der Waals surface area contributed by atoms with Crippen LogP contribution >= 0.6 is 23.2 Å². The van der Waals surface area contributed by atoms with Crippen molar-refractivity contribution in [1.29, 1.82) is 0 Å². The van der Waals surface area contributed by atoms with Crippen molar-refractivity contribution in [2.75, 3.05) is 18.0 Å². The molecule has 11 nitrogen and oxygen atoms in total. The Kier molecular flexibility index (Phi) is 11.5. The van der Waals surface area contributed by atoms with E-state index in [1.54, 1.807) is 31.2 Å². The van der Waals surface area contributed by atoms with Crippen molar-refractivity contribution in [1.82, 2.24) is 10.2 Å². The van der Waals surface area contributed by atoms with Crippen LogP contribution in [0.15, 0.2) is 65.6 Å². The zero-order chi connectivity index (χ0) is 33.6. The highest BCUT2D eigenvalue weighted by Crippen LogP contribution is 2.36. The first-order valence-corrected chi connectivity index (χ1v) is 17.0. The molecule has 1 fully saturated rings. The second kappa shape index (κ2) is 15.1. The second-order valence-electron chi connectivity index (χ2n) is 11.2. The summed E-state index contributed by atoms with van der Waals surface area (Å²) in [5.41, 5.74) is 0.425. The van der Waals surface area contributed by atoms with Crippen LogP contribution in [0.5, 0.6) is 5.75 Å². The number of hydrogen-bond donors (Lipinski definition) is 1. The number of ether oxygens (including phenoxy) is 1. The Labute approximate surface area is 278 Å². The fourth-order valence-electron chi connectivity index (χ4n) is 5.43. The van der Waals surface area contributed by atoms with Gasteiger partial charge in [0.2, 0.25) is 11.8 Å². The van der Waals surface area contributed by atoms with Gasteiger partial charge in [0.05, 0.1) is 22.6 Å². The van der Waals surface area contributed by atoms with Gasteiger partial charge in [0.1, 0.15) is 18.3 Å². The quantitative estimate of drug-likeness (QED) is 0.174. The molecule has 0 saturated heterocycles. The van der Waals surface area contributed by atoms with Crippen LogP contribution in [-0.4, -0.2) is 55.8 Å². The van der Waals surface area contributed by atoms with E-state index in [-0.39, 0.29) is 40.5 Å². The van der Waals surface area contributed by atoms with Gasteiger partial charge in [-0.2, -0.15) is 0 Å². The van der Waals surface area contributed by atoms with E-state index in [1.165, 1.54) is 49.3 Å². The minimum absolute atomic E-state index is 0.0169. The van der Waals surface area contributed by atoms with Crippen molar-refractivity contribution >= 4 is 56.4 Å². The Bertz CT molecular complexity index is 1710. The molecule has 0 unspecified atom stereocenters. The second-order valence-corrected chi connectivity index (χ2v) is 13.9. The molecule has 0 spiro atoms. The van der Waals surface area contributed by atoms with Crippen LogP contribution in [0.25, 0.3) is 0 Å². The van der Waals surface area contributed by atoms with Gasteiger partial charge in [-0.15, -0.1) is 0 Å². The zero-order valence-corrected chi connectivity index (χ0v) is 28.1. The van der Waals surface area contributed by atoms with Crippen molar-refractivity contribution in [3.63, 3.8) is 0 Å².